The second kappa shape index (κ2) is 6.02. The summed E-state index contributed by atoms with van der Waals surface area (Å²) in [7, 11) is 0. The fourth-order valence-corrected chi connectivity index (χ4v) is 1.47. The van der Waals surface area contributed by atoms with Crippen molar-refractivity contribution < 1.29 is 4.79 Å². The Morgan fingerprint density at radius 3 is 2.63 bits per heavy atom. The maximum Gasteiger partial charge on any atom is 0.255 e. The van der Waals surface area contributed by atoms with Gasteiger partial charge >= 0.3 is 0 Å². The van der Waals surface area contributed by atoms with Gasteiger partial charge in [0.25, 0.3) is 5.91 Å². The number of rotatable bonds is 5. The van der Waals surface area contributed by atoms with Crippen LogP contribution in [-0.2, 0) is 0 Å². The molecule has 0 fully saturated rings. The Labute approximate surface area is 115 Å². The number of hydrogen-bond acceptors (Lipinski definition) is 4. The first kappa shape index (κ1) is 15.4. The van der Waals surface area contributed by atoms with Gasteiger partial charge in [0.05, 0.1) is 11.3 Å². The first-order valence-electron chi connectivity index (χ1n) is 6.49. The van der Waals surface area contributed by atoms with Crippen LogP contribution < -0.4 is 16.6 Å². The number of anilines is 1. The minimum atomic E-state index is -0.158. The maximum absolute atomic E-state index is 12.2. The van der Waals surface area contributed by atoms with Crippen LogP contribution in [0.5, 0.6) is 0 Å². The van der Waals surface area contributed by atoms with Crippen molar-refractivity contribution in [3.63, 3.8) is 0 Å². The first-order valence-corrected chi connectivity index (χ1v) is 6.49. The molecule has 0 spiro atoms. The Hall–Kier alpha value is -1.62. The highest BCUT2D eigenvalue weighted by Crippen LogP contribution is 2.25. The van der Waals surface area contributed by atoms with Crippen LogP contribution in [0.4, 0.5) is 5.69 Å². The average molecular weight is 264 g/mol. The number of aromatic nitrogens is 1. The van der Waals surface area contributed by atoms with Crippen LogP contribution in [0.25, 0.3) is 0 Å². The number of carbonyl (C=O) groups excluding carboxylic acids is 1. The smallest absolute Gasteiger partial charge is 0.255 e. The molecule has 0 saturated carbocycles. The lowest BCUT2D eigenvalue weighted by Gasteiger charge is -2.29. The molecule has 5 heteroatoms. The molecule has 106 valence electrons. The van der Waals surface area contributed by atoms with Crippen molar-refractivity contribution in [3.8, 4) is 0 Å². The third-order valence-electron chi connectivity index (χ3n) is 3.71. The molecule has 1 aromatic heterocycles. The van der Waals surface area contributed by atoms with Crippen molar-refractivity contribution in [2.75, 3.05) is 12.0 Å². The van der Waals surface area contributed by atoms with Gasteiger partial charge in [-0.25, -0.2) is 0 Å². The Bertz CT molecular complexity index is 455. The molecule has 1 heterocycles. The Morgan fingerprint density at radius 1 is 1.47 bits per heavy atom. The predicted octanol–water partition coefficient (Wildman–Crippen LogP) is 2.09. The lowest BCUT2D eigenvalue weighted by atomic mass is 9.81. The van der Waals surface area contributed by atoms with E-state index < -0.39 is 0 Å². The fourth-order valence-electron chi connectivity index (χ4n) is 1.47. The van der Waals surface area contributed by atoms with Gasteiger partial charge in [0.15, 0.2) is 0 Å². The minimum absolute atomic E-state index is 0.0457. The van der Waals surface area contributed by atoms with E-state index in [1.807, 2.05) is 6.92 Å². The van der Waals surface area contributed by atoms with Crippen molar-refractivity contribution in [1.29, 1.82) is 0 Å². The highest BCUT2D eigenvalue weighted by molar-refractivity contribution is 5.99. The summed E-state index contributed by atoms with van der Waals surface area (Å²) in [5.41, 5.74) is 4.45. The zero-order valence-corrected chi connectivity index (χ0v) is 12.4. The minimum Gasteiger partial charge on any atom is -0.351 e. The molecule has 0 aliphatic rings. The molecular formula is C14H24N4O. The monoisotopic (exact) mass is 264 g/mol. The van der Waals surface area contributed by atoms with Gasteiger partial charge in [0.1, 0.15) is 0 Å². The highest BCUT2D eigenvalue weighted by Gasteiger charge is 2.23. The van der Waals surface area contributed by atoms with Crippen molar-refractivity contribution in [2.24, 2.45) is 17.2 Å². The zero-order valence-electron chi connectivity index (χ0n) is 12.4. The first-order chi connectivity index (χ1) is 8.77. The van der Waals surface area contributed by atoms with Crippen molar-refractivity contribution in [2.45, 2.75) is 34.6 Å². The van der Waals surface area contributed by atoms with Crippen LogP contribution in [-0.4, -0.2) is 17.4 Å². The lowest BCUT2D eigenvalue weighted by molar-refractivity contribution is 0.0925. The summed E-state index contributed by atoms with van der Waals surface area (Å²) < 4.78 is 0. The zero-order chi connectivity index (χ0) is 14.6. The number of hydrogen-bond donors (Lipinski definition) is 3. The van der Waals surface area contributed by atoms with E-state index >= 15 is 0 Å². The SMILES string of the molecule is Cc1cc(NN)c(C(=O)NCC(C)(C)C(C)C)cn1. The lowest BCUT2D eigenvalue weighted by Crippen LogP contribution is -2.37. The molecule has 0 saturated heterocycles. The molecule has 0 unspecified atom stereocenters. The molecule has 5 nitrogen and oxygen atoms in total. The second-order valence-electron chi connectivity index (χ2n) is 5.84. The van der Waals surface area contributed by atoms with E-state index in [-0.39, 0.29) is 11.3 Å². The number of carbonyl (C=O) groups is 1. The van der Waals surface area contributed by atoms with E-state index in [0.717, 1.165) is 5.69 Å². The summed E-state index contributed by atoms with van der Waals surface area (Å²) in [4.78, 5) is 16.3. The fraction of sp³-hybridized carbons (Fsp3) is 0.571. The maximum atomic E-state index is 12.2. The number of aryl methyl sites for hydroxylation is 1. The Kier molecular flexibility index (Phi) is 4.89. The Morgan fingerprint density at radius 2 is 2.11 bits per heavy atom. The quantitative estimate of drug-likeness (QED) is 0.562. The van der Waals surface area contributed by atoms with E-state index in [1.54, 1.807) is 12.3 Å². The van der Waals surface area contributed by atoms with Crippen molar-refractivity contribution in [3.05, 3.63) is 23.5 Å². The van der Waals surface area contributed by atoms with E-state index in [9.17, 15) is 4.79 Å². The number of pyridine rings is 1. The molecule has 4 N–H and O–H groups in total. The topological polar surface area (TPSA) is 80.0 Å². The average Bonchev–Trinajstić information content (AvgIpc) is 2.35. The van der Waals surface area contributed by atoms with Gasteiger partial charge in [-0.05, 0) is 24.3 Å². The van der Waals surface area contributed by atoms with Gasteiger partial charge in [-0.2, -0.15) is 0 Å². The number of nitrogen functional groups attached to an aromatic ring is 1. The molecule has 1 rings (SSSR count). The predicted molar refractivity (Wildman–Crippen MR) is 77.7 cm³/mol. The Balaban J connectivity index is 2.79. The van der Waals surface area contributed by atoms with Crippen molar-refractivity contribution in [1.82, 2.24) is 10.3 Å². The standard InChI is InChI=1S/C14H24N4O/c1-9(2)14(4,5)8-17-13(19)11-7-16-10(3)6-12(11)18-15/h6-7,9H,8,15H2,1-5H3,(H,16,18)(H,17,19). The third-order valence-corrected chi connectivity index (χ3v) is 3.71. The number of nitrogens with two attached hydrogens (primary N) is 1. The van der Waals surface area contributed by atoms with Gasteiger partial charge < -0.3 is 10.7 Å². The van der Waals surface area contributed by atoms with E-state index in [4.69, 9.17) is 5.84 Å². The van der Waals surface area contributed by atoms with Crippen LogP contribution in [0, 0.1) is 18.3 Å². The van der Waals surface area contributed by atoms with E-state index in [1.165, 1.54) is 0 Å². The second-order valence-corrected chi connectivity index (χ2v) is 5.84. The summed E-state index contributed by atoms with van der Waals surface area (Å²) >= 11 is 0. The summed E-state index contributed by atoms with van der Waals surface area (Å²) in [5, 5.41) is 2.94. The molecule has 0 atom stereocenters. The van der Waals surface area contributed by atoms with Crippen LogP contribution in [0.15, 0.2) is 12.3 Å². The van der Waals surface area contributed by atoms with Gasteiger partial charge in [-0.3, -0.25) is 15.6 Å². The number of nitrogens with one attached hydrogen (secondary N) is 2. The van der Waals surface area contributed by atoms with Gasteiger partial charge in [0.2, 0.25) is 0 Å². The van der Waals surface area contributed by atoms with Gasteiger partial charge in [-0.1, -0.05) is 27.7 Å². The molecule has 0 bridgehead atoms. The van der Waals surface area contributed by atoms with E-state index in [2.05, 4.69) is 43.4 Å². The molecule has 0 aliphatic carbocycles. The largest absolute Gasteiger partial charge is 0.351 e. The molecule has 0 aliphatic heterocycles. The van der Waals surface area contributed by atoms with E-state index in [0.29, 0.717) is 23.7 Å². The molecule has 1 amide bonds. The summed E-state index contributed by atoms with van der Waals surface area (Å²) in [6.45, 7) is 11.0. The van der Waals surface area contributed by atoms with Gasteiger partial charge in [-0.15, -0.1) is 0 Å². The van der Waals surface area contributed by atoms with Crippen LogP contribution in [0.2, 0.25) is 0 Å². The number of amides is 1. The summed E-state index contributed by atoms with van der Waals surface area (Å²) in [6.07, 6.45) is 1.54. The molecular weight excluding hydrogens is 240 g/mol. The number of nitrogens with zero attached hydrogens (tertiary/aromatic N) is 1. The molecule has 19 heavy (non-hydrogen) atoms. The molecule has 1 aromatic rings. The molecule has 0 radical (unpaired) electrons. The van der Waals surface area contributed by atoms with Crippen molar-refractivity contribution >= 4 is 11.6 Å². The molecule has 0 aromatic carbocycles. The van der Waals surface area contributed by atoms with Gasteiger partial charge in [0, 0.05) is 18.4 Å². The summed E-state index contributed by atoms with van der Waals surface area (Å²) in [6, 6.07) is 1.75. The van der Waals surface area contributed by atoms with Crippen LogP contribution in [0.3, 0.4) is 0 Å². The highest BCUT2D eigenvalue weighted by atomic mass is 16.1. The van der Waals surface area contributed by atoms with Crippen LogP contribution >= 0.6 is 0 Å². The normalized spacial score (nSPS) is 11.5. The number of hydrazine groups is 1. The summed E-state index contributed by atoms with van der Waals surface area (Å²) in [5.74, 6) is 5.75. The third kappa shape index (κ3) is 3.92. The van der Waals surface area contributed by atoms with Crippen LogP contribution in [0.1, 0.15) is 43.7 Å².